The molecule has 2 amide bonds. The van der Waals surface area contributed by atoms with Crippen LogP contribution in [0.5, 0.6) is 0 Å². The molecular formula is C17H20N2O6S2. The van der Waals surface area contributed by atoms with Crippen LogP contribution >= 0.6 is 11.8 Å². The second-order valence-electron chi connectivity index (χ2n) is 6.46. The van der Waals surface area contributed by atoms with Crippen molar-refractivity contribution in [2.24, 2.45) is 0 Å². The van der Waals surface area contributed by atoms with E-state index in [4.69, 9.17) is 4.74 Å². The largest absolute Gasteiger partial charge is 0.452 e. The normalized spacial score (nSPS) is 21.9. The lowest BCUT2D eigenvalue weighted by Crippen LogP contribution is -2.47. The molecule has 2 aliphatic heterocycles. The lowest BCUT2D eigenvalue weighted by atomic mass is 10.1. The van der Waals surface area contributed by atoms with Gasteiger partial charge in [0.05, 0.1) is 28.6 Å². The van der Waals surface area contributed by atoms with Crippen molar-refractivity contribution in [3.8, 4) is 0 Å². The average Bonchev–Trinajstić information content (AvgIpc) is 2.97. The Morgan fingerprint density at radius 2 is 2.11 bits per heavy atom. The second kappa shape index (κ2) is 7.89. The number of carbonyl (C=O) groups excluding carboxylic acids is 3. The number of thioether (sulfide) groups is 1. The number of nitrogens with zero attached hydrogens (tertiary/aromatic N) is 1. The fourth-order valence-corrected chi connectivity index (χ4v) is 6.43. The summed E-state index contributed by atoms with van der Waals surface area (Å²) in [5, 5.41) is 2.57. The van der Waals surface area contributed by atoms with Crippen LogP contribution in [-0.2, 0) is 29.0 Å². The second-order valence-corrected chi connectivity index (χ2v) is 9.98. The number of fused-ring (bicyclic) bond motifs is 1. The maximum atomic E-state index is 12.7. The Hall–Kier alpha value is -2.07. The predicted octanol–water partition coefficient (Wildman–Crippen LogP) is 0.824. The summed E-state index contributed by atoms with van der Waals surface area (Å²) in [4.78, 5) is 37.8. The van der Waals surface area contributed by atoms with E-state index in [0.29, 0.717) is 17.8 Å². The number of esters is 1. The SMILES string of the molecule is C[C@H](OC(=O)CS[C@@H]1CCS(=O)(=O)C1)C(=O)N1CC(=O)Nc2ccccc21. The molecule has 0 spiro atoms. The van der Waals surface area contributed by atoms with E-state index in [1.807, 2.05) is 0 Å². The summed E-state index contributed by atoms with van der Waals surface area (Å²) in [5.74, 6) is -1.20. The first-order valence-corrected chi connectivity index (χ1v) is 11.3. The molecule has 2 atom stereocenters. The number of hydrogen-bond acceptors (Lipinski definition) is 7. The first kappa shape index (κ1) is 19.7. The molecule has 2 aliphatic rings. The third kappa shape index (κ3) is 4.81. The minimum Gasteiger partial charge on any atom is -0.452 e. The minimum atomic E-state index is -3.00. The molecular weight excluding hydrogens is 392 g/mol. The molecule has 0 radical (unpaired) electrons. The Morgan fingerprint density at radius 3 is 2.81 bits per heavy atom. The van der Waals surface area contributed by atoms with Gasteiger partial charge in [-0.2, -0.15) is 0 Å². The summed E-state index contributed by atoms with van der Waals surface area (Å²) in [6.07, 6.45) is -0.529. The molecule has 1 aromatic carbocycles. The summed E-state index contributed by atoms with van der Waals surface area (Å²) in [6, 6.07) is 6.89. The highest BCUT2D eigenvalue weighted by Crippen LogP contribution is 2.29. The zero-order valence-corrected chi connectivity index (χ0v) is 16.3. The van der Waals surface area contributed by atoms with Crippen molar-refractivity contribution in [1.82, 2.24) is 0 Å². The van der Waals surface area contributed by atoms with E-state index in [1.165, 1.54) is 23.6 Å². The maximum Gasteiger partial charge on any atom is 0.316 e. The van der Waals surface area contributed by atoms with Crippen molar-refractivity contribution in [2.45, 2.75) is 24.7 Å². The predicted molar refractivity (Wildman–Crippen MR) is 102 cm³/mol. The van der Waals surface area contributed by atoms with E-state index in [9.17, 15) is 22.8 Å². The lowest BCUT2D eigenvalue weighted by molar-refractivity contribution is -0.151. The van der Waals surface area contributed by atoms with Gasteiger partial charge in [0.1, 0.15) is 6.54 Å². The minimum absolute atomic E-state index is 0.0190. The van der Waals surface area contributed by atoms with E-state index in [2.05, 4.69) is 5.32 Å². The van der Waals surface area contributed by atoms with Gasteiger partial charge < -0.3 is 10.1 Å². The van der Waals surface area contributed by atoms with Crippen LogP contribution in [0, 0.1) is 0 Å². The Kier molecular flexibility index (Phi) is 5.75. The molecule has 10 heteroatoms. The summed E-state index contributed by atoms with van der Waals surface area (Å²) in [5.41, 5.74) is 1.08. The fourth-order valence-electron chi connectivity index (χ4n) is 3.01. The van der Waals surface area contributed by atoms with Crippen molar-refractivity contribution >= 4 is 50.8 Å². The summed E-state index contributed by atoms with van der Waals surface area (Å²) < 4.78 is 28.1. The van der Waals surface area contributed by atoms with Gasteiger partial charge in [0, 0.05) is 5.25 Å². The van der Waals surface area contributed by atoms with E-state index in [-0.39, 0.29) is 35.0 Å². The number of carbonyl (C=O) groups is 3. The van der Waals surface area contributed by atoms with Gasteiger partial charge in [-0.1, -0.05) is 12.1 Å². The number of benzene rings is 1. The number of para-hydroxylation sites is 2. The first-order valence-electron chi connectivity index (χ1n) is 8.47. The van der Waals surface area contributed by atoms with Gasteiger partial charge in [-0.3, -0.25) is 19.3 Å². The molecule has 2 heterocycles. The van der Waals surface area contributed by atoms with Crippen LogP contribution in [0.25, 0.3) is 0 Å². The molecule has 146 valence electrons. The van der Waals surface area contributed by atoms with E-state index in [0.717, 1.165) is 0 Å². The van der Waals surface area contributed by atoms with Crippen LogP contribution in [0.4, 0.5) is 11.4 Å². The molecule has 27 heavy (non-hydrogen) atoms. The number of rotatable bonds is 5. The van der Waals surface area contributed by atoms with E-state index in [1.54, 1.807) is 24.3 Å². The zero-order valence-electron chi connectivity index (χ0n) is 14.7. The van der Waals surface area contributed by atoms with Gasteiger partial charge in [0.15, 0.2) is 15.9 Å². The fraction of sp³-hybridized carbons (Fsp3) is 0.471. The van der Waals surface area contributed by atoms with Crippen LogP contribution in [0.1, 0.15) is 13.3 Å². The quantitative estimate of drug-likeness (QED) is 0.713. The Morgan fingerprint density at radius 1 is 1.37 bits per heavy atom. The van der Waals surface area contributed by atoms with Crippen LogP contribution in [0.2, 0.25) is 0 Å². The molecule has 1 fully saturated rings. The Balaban J connectivity index is 1.56. The van der Waals surface area contributed by atoms with E-state index < -0.39 is 27.8 Å². The number of ether oxygens (including phenoxy) is 1. The Bertz CT molecular complexity index is 870. The Labute approximate surface area is 161 Å². The standard InChI is InChI=1S/C17H20N2O6S2/c1-11(25-16(21)9-26-12-6-7-27(23,24)10-12)17(22)19-8-15(20)18-13-4-2-3-5-14(13)19/h2-5,11-12H,6-10H2,1H3,(H,18,20)/t11-,12+/m0/s1. The number of sulfone groups is 1. The monoisotopic (exact) mass is 412 g/mol. The molecule has 0 aromatic heterocycles. The van der Waals surface area contributed by atoms with Crippen LogP contribution in [0.3, 0.4) is 0 Å². The average molecular weight is 412 g/mol. The molecule has 1 aromatic rings. The van der Waals surface area contributed by atoms with E-state index >= 15 is 0 Å². The number of anilines is 2. The van der Waals surface area contributed by atoms with Crippen molar-refractivity contribution in [2.75, 3.05) is 34.0 Å². The van der Waals surface area contributed by atoms with Gasteiger partial charge >= 0.3 is 5.97 Å². The molecule has 1 saturated heterocycles. The summed E-state index contributed by atoms with van der Waals surface area (Å²) in [6.45, 7) is 1.31. The maximum absolute atomic E-state index is 12.7. The van der Waals surface area contributed by atoms with Crippen LogP contribution < -0.4 is 10.2 Å². The molecule has 3 rings (SSSR count). The molecule has 1 N–H and O–H groups in total. The lowest BCUT2D eigenvalue weighted by Gasteiger charge is -2.30. The smallest absolute Gasteiger partial charge is 0.316 e. The third-order valence-electron chi connectivity index (χ3n) is 4.32. The van der Waals surface area contributed by atoms with Gasteiger partial charge in [-0.15, -0.1) is 11.8 Å². The highest BCUT2D eigenvalue weighted by atomic mass is 32.2. The van der Waals surface area contributed by atoms with Crippen molar-refractivity contribution in [3.63, 3.8) is 0 Å². The third-order valence-corrected chi connectivity index (χ3v) is 7.58. The number of amides is 2. The number of nitrogens with one attached hydrogen (secondary N) is 1. The summed E-state index contributed by atoms with van der Waals surface area (Å²) in [7, 11) is -3.00. The van der Waals surface area contributed by atoms with Crippen LogP contribution in [-0.4, -0.2) is 61.4 Å². The molecule has 0 aliphatic carbocycles. The first-order chi connectivity index (χ1) is 12.7. The van der Waals surface area contributed by atoms with Crippen molar-refractivity contribution in [1.29, 1.82) is 0 Å². The highest BCUT2D eigenvalue weighted by Gasteiger charge is 2.32. The van der Waals surface area contributed by atoms with Crippen molar-refractivity contribution < 1.29 is 27.5 Å². The molecule has 0 bridgehead atoms. The van der Waals surface area contributed by atoms with Gasteiger partial charge in [-0.25, -0.2) is 8.42 Å². The van der Waals surface area contributed by atoms with Gasteiger partial charge in [0.25, 0.3) is 5.91 Å². The highest BCUT2D eigenvalue weighted by molar-refractivity contribution is 8.02. The number of hydrogen-bond donors (Lipinski definition) is 1. The zero-order chi connectivity index (χ0) is 19.6. The van der Waals surface area contributed by atoms with Gasteiger partial charge in [-0.05, 0) is 25.5 Å². The summed E-state index contributed by atoms with van der Waals surface area (Å²) >= 11 is 1.23. The van der Waals surface area contributed by atoms with Crippen molar-refractivity contribution in [3.05, 3.63) is 24.3 Å². The molecule has 0 saturated carbocycles. The molecule has 8 nitrogen and oxygen atoms in total. The van der Waals surface area contributed by atoms with Gasteiger partial charge in [0.2, 0.25) is 5.91 Å². The topological polar surface area (TPSA) is 110 Å². The molecule has 0 unspecified atom stereocenters. The van der Waals surface area contributed by atoms with Crippen LogP contribution in [0.15, 0.2) is 24.3 Å².